The summed E-state index contributed by atoms with van der Waals surface area (Å²) in [6.45, 7) is 4.76. The highest BCUT2D eigenvalue weighted by atomic mass is 32.2. The Hall–Kier alpha value is -2.84. The normalized spacial score (nSPS) is 16.4. The second-order valence-corrected chi connectivity index (χ2v) is 10.7. The van der Waals surface area contributed by atoms with Gasteiger partial charge in [0, 0.05) is 44.8 Å². The zero-order valence-corrected chi connectivity index (χ0v) is 20.2. The van der Waals surface area contributed by atoms with Crippen LogP contribution < -0.4 is 14.9 Å². The molecular weight excluding hydrogens is 509 g/mol. The third-order valence-corrected chi connectivity index (χ3v) is 8.10. The summed E-state index contributed by atoms with van der Waals surface area (Å²) >= 11 is 1.17. The molecule has 2 saturated heterocycles. The third-order valence-electron chi connectivity index (χ3n) is 5.34. The van der Waals surface area contributed by atoms with Gasteiger partial charge in [0.1, 0.15) is 4.21 Å². The number of nitrogens with one attached hydrogen (secondary N) is 2. The molecule has 2 aliphatic heterocycles. The summed E-state index contributed by atoms with van der Waals surface area (Å²) in [7, 11) is -3.69. The predicted octanol–water partition coefficient (Wildman–Crippen LogP) is 2.83. The fraction of sp³-hybridized carbons (Fsp3) is 0.429. The first-order valence-corrected chi connectivity index (χ1v) is 13.1. The van der Waals surface area contributed by atoms with E-state index in [-0.39, 0.29) is 10.1 Å². The SMILES string of the molecule is O=C(O)C(F)(F)F.O=C(c1ccc(N2CCNCC2)c(NS(=O)(=O)c2cccs2)c1)N1CCCC1. The first-order chi connectivity index (χ1) is 16.5. The minimum absolute atomic E-state index is 0.0408. The number of carbonyl (C=O) groups is 2. The van der Waals surface area contributed by atoms with Crippen LogP contribution in [0.4, 0.5) is 24.5 Å². The molecule has 2 aliphatic rings. The fourth-order valence-corrected chi connectivity index (χ4v) is 5.70. The molecule has 3 heterocycles. The van der Waals surface area contributed by atoms with Crippen molar-refractivity contribution in [3.63, 3.8) is 0 Å². The molecule has 0 aliphatic carbocycles. The van der Waals surface area contributed by atoms with Gasteiger partial charge in [0.15, 0.2) is 0 Å². The largest absolute Gasteiger partial charge is 0.490 e. The van der Waals surface area contributed by atoms with Gasteiger partial charge in [-0.2, -0.15) is 13.2 Å². The number of thiophene rings is 1. The molecule has 9 nitrogen and oxygen atoms in total. The van der Waals surface area contributed by atoms with Crippen molar-refractivity contribution in [3.8, 4) is 0 Å². The van der Waals surface area contributed by atoms with Crippen LogP contribution in [0.2, 0.25) is 0 Å². The topological polar surface area (TPSA) is 119 Å². The molecule has 0 spiro atoms. The molecule has 2 fully saturated rings. The van der Waals surface area contributed by atoms with Gasteiger partial charge in [-0.15, -0.1) is 11.3 Å². The monoisotopic (exact) mass is 534 g/mol. The maximum atomic E-state index is 12.8. The lowest BCUT2D eigenvalue weighted by molar-refractivity contribution is -0.192. The van der Waals surface area contributed by atoms with Gasteiger partial charge < -0.3 is 20.2 Å². The second-order valence-electron chi connectivity index (χ2n) is 7.81. The summed E-state index contributed by atoms with van der Waals surface area (Å²) in [4.78, 5) is 25.7. The van der Waals surface area contributed by atoms with Crippen molar-refractivity contribution in [1.29, 1.82) is 0 Å². The van der Waals surface area contributed by atoms with E-state index in [2.05, 4.69) is 14.9 Å². The number of aliphatic carboxylic acids is 1. The average molecular weight is 535 g/mol. The van der Waals surface area contributed by atoms with Gasteiger partial charge in [-0.1, -0.05) is 6.07 Å². The van der Waals surface area contributed by atoms with Crippen molar-refractivity contribution in [3.05, 3.63) is 41.3 Å². The van der Waals surface area contributed by atoms with Crippen LogP contribution in [0, 0.1) is 0 Å². The lowest BCUT2D eigenvalue weighted by Crippen LogP contribution is -2.43. The smallest absolute Gasteiger partial charge is 0.475 e. The molecule has 4 rings (SSSR count). The molecular formula is C21H25F3N4O5S2. The maximum absolute atomic E-state index is 12.8. The first-order valence-electron chi connectivity index (χ1n) is 10.7. The van der Waals surface area contributed by atoms with E-state index >= 15 is 0 Å². The van der Waals surface area contributed by atoms with Gasteiger partial charge in [0.05, 0.1) is 11.4 Å². The number of carboxylic acids is 1. The van der Waals surface area contributed by atoms with Crippen LogP contribution in [0.3, 0.4) is 0 Å². The minimum Gasteiger partial charge on any atom is -0.475 e. The summed E-state index contributed by atoms with van der Waals surface area (Å²) < 4.78 is 60.3. The molecule has 0 radical (unpaired) electrons. The average Bonchev–Trinajstić information content (AvgIpc) is 3.53. The second kappa shape index (κ2) is 11.3. The van der Waals surface area contributed by atoms with Crippen molar-refractivity contribution >= 4 is 44.6 Å². The number of rotatable bonds is 5. The Bertz CT molecular complexity index is 1130. The summed E-state index contributed by atoms with van der Waals surface area (Å²) in [5.41, 5.74) is 1.78. The Kier molecular flexibility index (Phi) is 8.61. The number of piperazine rings is 1. The van der Waals surface area contributed by atoms with E-state index in [0.29, 0.717) is 11.3 Å². The molecule has 14 heteroatoms. The van der Waals surface area contributed by atoms with Gasteiger partial charge in [-0.05, 0) is 42.5 Å². The van der Waals surface area contributed by atoms with Crippen LogP contribution in [0.15, 0.2) is 39.9 Å². The number of carbonyl (C=O) groups excluding carboxylic acids is 1. The minimum atomic E-state index is -5.08. The highest BCUT2D eigenvalue weighted by molar-refractivity contribution is 7.94. The molecule has 1 amide bonds. The molecule has 0 unspecified atom stereocenters. The Balaban J connectivity index is 0.000000429. The summed E-state index contributed by atoms with van der Waals surface area (Å²) in [5.74, 6) is -2.80. The number of amides is 1. The molecule has 1 aromatic heterocycles. The highest BCUT2D eigenvalue weighted by Gasteiger charge is 2.38. The van der Waals surface area contributed by atoms with Crippen LogP contribution in [0.5, 0.6) is 0 Å². The van der Waals surface area contributed by atoms with Crippen LogP contribution in [-0.2, 0) is 14.8 Å². The highest BCUT2D eigenvalue weighted by Crippen LogP contribution is 2.31. The molecule has 192 valence electrons. The molecule has 0 atom stereocenters. The van der Waals surface area contributed by atoms with Gasteiger partial charge in [-0.3, -0.25) is 9.52 Å². The van der Waals surface area contributed by atoms with Crippen LogP contribution in [0.25, 0.3) is 0 Å². The van der Waals surface area contributed by atoms with E-state index < -0.39 is 22.2 Å². The zero-order chi connectivity index (χ0) is 25.6. The lowest BCUT2D eigenvalue weighted by Gasteiger charge is -2.31. The Labute approximate surface area is 204 Å². The molecule has 0 saturated carbocycles. The van der Waals surface area contributed by atoms with Crippen LogP contribution in [-0.4, -0.2) is 75.7 Å². The Morgan fingerprint density at radius 1 is 1.06 bits per heavy atom. The van der Waals surface area contributed by atoms with Crippen LogP contribution >= 0.6 is 11.3 Å². The predicted molar refractivity (Wildman–Crippen MR) is 125 cm³/mol. The van der Waals surface area contributed by atoms with Crippen molar-refractivity contribution in [2.75, 3.05) is 48.9 Å². The Morgan fingerprint density at radius 2 is 1.69 bits per heavy atom. The van der Waals surface area contributed by atoms with Crippen molar-refractivity contribution in [1.82, 2.24) is 10.2 Å². The van der Waals surface area contributed by atoms with Gasteiger partial charge in [0.25, 0.3) is 15.9 Å². The number of sulfonamides is 1. The summed E-state index contributed by atoms with van der Waals surface area (Å²) in [5, 5.41) is 12.2. The molecule has 3 N–H and O–H groups in total. The zero-order valence-electron chi connectivity index (χ0n) is 18.5. The fourth-order valence-electron chi connectivity index (χ4n) is 3.65. The number of likely N-dealkylation sites (tertiary alicyclic amines) is 1. The Morgan fingerprint density at radius 3 is 2.23 bits per heavy atom. The van der Waals surface area contributed by atoms with E-state index in [1.165, 1.54) is 11.3 Å². The number of halogens is 3. The van der Waals surface area contributed by atoms with E-state index in [1.807, 2.05) is 11.0 Å². The van der Waals surface area contributed by atoms with Gasteiger partial charge in [-0.25, -0.2) is 13.2 Å². The van der Waals surface area contributed by atoms with Crippen LogP contribution in [0.1, 0.15) is 23.2 Å². The van der Waals surface area contributed by atoms with Crippen molar-refractivity contribution < 1.29 is 36.3 Å². The van der Waals surface area contributed by atoms with Crippen molar-refractivity contribution in [2.24, 2.45) is 0 Å². The number of alkyl halides is 3. The number of nitrogens with zero attached hydrogens (tertiary/aromatic N) is 2. The van der Waals surface area contributed by atoms with E-state index in [9.17, 15) is 26.4 Å². The van der Waals surface area contributed by atoms with E-state index in [1.54, 1.807) is 29.6 Å². The molecule has 1 aromatic carbocycles. The van der Waals surface area contributed by atoms with Gasteiger partial charge in [0.2, 0.25) is 0 Å². The number of carboxylic acid groups (broad SMARTS) is 1. The standard InChI is InChI=1S/C19H24N4O3S2.C2HF3O2/c24-19(23-9-1-2-10-23)15-5-6-17(22-11-7-20-8-12-22)16(14-15)21-28(25,26)18-4-3-13-27-18;3-2(4,5)1(6)7/h3-6,13-14,20-21H,1-2,7-12H2;(H,6,7). The number of anilines is 2. The maximum Gasteiger partial charge on any atom is 0.490 e. The summed E-state index contributed by atoms with van der Waals surface area (Å²) in [6, 6.07) is 8.64. The van der Waals surface area contributed by atoms with Crippen molar-refractivity contribution in [2.45, 2.75) is 23.2 Å². The third kappa shape index (κ3) is 7.08. The number of hydrogen-bond acceptors (Lipinski definition) is 7. The quantitative estimate of drug-likeness (QED) is 0.540. The molecule has 0 bridgehead atoms. The van der Waals surface area contributed by atoms with E-state index in [4.69, 9.17) is 9.90 Å². The lowest BCUT2D eigenvalue weighted by atomic mass is 10.1. The molecule has 2 aromatic rings. The van der Waals surface area contributed by atoms with Gasteiger partial charge >= 0.3 is 12.1 Å². The number of benzene rings is 1. The number of hydrogen-bond donors (Lipinski definition) is 3. The van der Waals surface area contributed by atoms with E-state index in [0.717, 1.165) is 57.8 Å². The first kappa shape index (κ1) is 26.8. The molecule has 35 heavy (non-hydrogen) atoms. The summed E-state index contributed by atoms with van der Waals surface area (Å²) in [6.07, 6.45) is -3.05.